The Kier molecular flexibility index (Phi) is 3.92. The Bertz CT molecular complexity index is 275. The number of hydrogen-bond acceptors (Lipinski definition) is 2. The van der Waals surface area contributed by atoms with E-state index in [2.05, 4.69) is 18.6 Å². The molecule has 2 atom stereocenters. The highest BCUT2D eigenvalue weighted by Gasteiger charge is 2.29. The molecule has 14 heavy (non-hydrogen) atoms. The molecule has 1 rings (SSSR count). The van der Waals surface area contributed by atoms with Crippen LogP contribution < -0.4 is 9.86 Å². The summed E-state index contributed by atoms with van der Waals surface area (Å²) in [7, 11) is -3.54. The van der Waals surface area contributed by atoms with Crippen LogP contribution in [0.4, 0.5) is 0 Å². The predicted octanol–water partition coefficient (Wildman–Crippen LogP) is 0.994. The highest BCUT2D eigenvalue weighted by Crippen LogP contribution is 2.30. The van der Waals surface area contributed by atoms with Crippen LogP contribution >= 0.6 is 0 Å². The molecule has 1 saturated carbocycles. The van der Waals surface area contributed by atoms with Crippen molar-refractivity contribution in [2.45, 2.75) is 45.6 Å². The molecule has 0 spiro atoms. The van der Waals surface area contributed by atoms with Gasteiger partial charge in [0.25, 0.3) is 10.2 Å². The summed E-state index contributed by atoms with van der Waals surface area (Å²) in [5.41, 5.74) is 0. The van der Waals surface area contributed by atoms with E-state index in [1.807, 2.05) is 0 Å². The van der Waals surface area contributed by atoms with Gasteiger partial charge in [0.05, 0.1) is 0 Å². The molecule has 3 N–H and O–H groups in total. The summed E-state index contributed by atoms with van der Waals surface area (Å²) in [6.07, 6.45) is 4.31. The number of nitrogens with one attached hydrogen (secondary N) is 1. The first-order valence-corrected chi connectivity index (χ1v) is 6.75. The Morgan fingerprint density at radius 2 is 1.86 bits per heavy atom. The number of hydrogen-bond donors (Lipinski definition) is 2. The van der Waals surface area contributed by atoms with E-state index >= 15 is 0 Å². The van der Waals surface area contributed by atoms with Crippen LogP contribution in [0.1, 0.15) is 39.5 Å². The third kappa shape index (κ3) is 3.55. The van der Waals surface area contributed by atoms with Crippen molar-refractivity contribution < 1.29 is 8.42 Å². The van der Waals surface area contributed by atoms with Gasteiger partial charge in [-0.15, -0.1) is 0 Å². The lowest BCUT2D eigenvalue weighted by molar-refractivity contribution is 0.226. The predicted molar refractivity (Wildman–Crippen MR) is 56.8 cm³/mol. The molecular weight excluding hydrogens is 200 g/mol. The first-order valence-electron chi connectivity index (χ1n) is 5.20. The van der Waals surface area contributed by atoms with Crippen LogP contribution in [0.15, 0.2) is 0 Å². The van der Waals surface area contributed by atoms with E-state index in [0.717, 1.165) is 19.3 Å². The van der Waals surface area contributed by atoms with Gasteiger partial charge < -0.3 is 0 Å². The molecule has 1 aliphatic rings. The summed E-state index contributed by atoms with van der Waals surface area (Å²) in [5.74, 6) is 0.941. The van der Waals surface area contributed by atoms with E-state index in [1.165, 1.54) is 6.42 Å². The second kappa shape index (κ2) is 4.59. The van der Waals surface area contributed by atoms with Crippen LogP contribution in [0.25, 0.3) is 0 Å². The van der Waals surface area contributed by atoms with Crippen LogP contribution in [0.3, 0.4) is 0 Å². The van der Waals surface area contributed by atoms with Crippen LogP contribution in [0.2, 0.25) is 0 Å². The number of rotatable bonds is 3. The van der Waals surface area contributed by atoms with Gasteiger partial charge in [-0.05, 0) is 24.7 Å². The van der Waals surface area contributed by atoms with Crippen molar-refractivity contribution >= 4 is 10.2 Å². The average molecular weight is 220 g/mol. The van der Waals surface area contributed by atoms with Crippen molar-refractivity contribution in [3.8, 4) is 0 Å². The summed E-state index contributed by atoms with van der Waals surface area (Å²) >= 11 is 0. The molecule has 0 radical (unpaired) electrons. The highest BCUT2D eigenvalue weighted by atomic mass is 32.2. The van der Waals surface area contributed by atoms with Crippen molar-refractivity contribution in [1.82, 2.24) is 4.72 Å². The van der Waals surface area contributed by atoms with Gasteiger partial charge in [0, 0.05) is 6.04 Å². The summed E-state index contributed by atoms with van der Waals surface area (Å²) in [6, 6.07) is 0.0405. The lowest BCUT2D eigenvalue weighted by Gasteiger charge is -2.34. The van der Waals surface area contributed by atoms with Crippen molar-refractivity contribution in [2.24, 2.45) is 17.0 Å². The van der Waals surface area contributed by atoms with E-state index in [9.17, 15) is 8.42 Å². The van der Waals surface area contributed by atoms with Crippen LogP contribution in [-0.2, 0) is 10.2 Å². The molecule has 0 aromatic carbocycles. The Morgan fingerprint density at radius 1 is 1.29 bits per heavy atom. The topological polar surface area (TPSA) is 72.2 Å². The minimum atomic E-state index is -3.54. The molecule has 0 saturated heterocycles. The van der Waals surface area contributed by atoms with Gasteiger partial charge in [0.2, 0.25) is 0 Å². The first-order chi connectivity index (χ1) is 6.40. The molecular formula is C9H20N2O2S. The van der Waals surface area contributed by atoms with Gasteiger partial charge in [-0.25, -0.2) is 5.14 Å². The van der Waals surface area contributed by atoms with Gasteiger partial charge in [0.15, 0.2) is 0 Å². The van der Waals surface area contributed by atoms with Crippen molar-refractivity contribution in [3.05, 3.63) is 0 Å². The third-order valence-electron chi connectivity index (χ3n) is 2.99. The fourth-order valence-electron chi connectivity index (χ4n) is 2.31. The van der Waals surface area contributed by atoms with Crippen LogP contribution in [0, 0.1) is 11.8 Å². The molecule has 0 aromatic heterocycles. The molecule has 1 aliphatic carbocycles. The molecule has 0 bridgehead atoms. The van der Waals surface area contributed by atoms with E-state index in [4.69, 9.17) is 5.14 Å². The molecule has 5 heteroatoms. The van der Waals surface area contributed by atoms with E-state index in [1.54, 1.807) is 0 Å². The van der Waals surface area contributed by atoms with Gasteiger partial charge in [-0.1, -0.05) is 26.7 Å². The Morgan fingerprint density at radius 3 is 2.36 bits per heavy atom. The summed E-state index contributed by atoms with van der Waals surface area (Å²) < 4.78 is 24.4. The van der Waals surface area contributed by atoms with Crippen LogP contribution in [0.5, 0.6) is 0 Å². The fourth-order valence-corrected chi connectivity index (χ4v) is 3.03. The van der Waals surface area contributed by atoms with E-state index in [-0.39, 0.29) is 6.04 Å². The molecule has 0 heterocycles. The quantitative estimate of drug-likeness (QED) is 0.744. The zero-order valence-corrected chi connectivity index (χ0v) is 9.68. The minimum absolute atomic E-state index is 0.0405. The standard InChI is InChI=1S/C9H20N2O2S/c1-7(2)8-5-3-4-6-9(8)11-14(10,12)13/h7-9,11H,3-6H2,1-2H3,(H2,10,12,13). The lowest BCUT2D eigenvalue weighted by atomic mass is 9.78. The highest BCUT2D eigenvalue weighted by molar-refractivity contribution is 7.87. The van der Waals surface area contributed by atoms with Crippen LogP contribution in [-0.4, -0.2) is 14.5 Å². The molecule has 1 fully saturated rings. The zero-order chi connectivity index (χ0) is 10.8. The number of nitrogens with two attached hydrogens (primary N) is 1. The second-order valence-corrected chi connectivity index (χ2v) is 5.79. The average Bonchev–Trinajstić information content (AvgIpc) is 2.01. The lowest BCUT2D eigenvalue weighted by Crippen LogP contribution is -2.46. The minimum Gasteiger partial charge on any atom is -0.216 e. The Hall–Kier alpha value is -0.130. The molecule has 0 aromatic rings. The maximum absolute atomic E-state index is 10.9. The summed E-state index contributed by atoms with van der Waals surface area (Å²) in [4.78, 5) is 0. The molecule has 84 valence electrons. The maximum Gasteiger partial charge on any atom is 0.274 e. The summed E-state index contributed by atoms with van der Waals surface area (Å²) in [6.45, 7) is 4.27. The molecule has 2 unspecified atom stereocenters. The molecule has 4 nitrogen and oxygen atoms in total. The fraction of sp³-hybridized carbons (Fsp3) is 1.00. The van der Waals surface area contributed by atoms with E-state index < -0.39 is 10.2 Å². The van der Waals surface area contributed by atoms with Gasteiger partial charge in [-0.3, -0.25) is 0 Å². The molecule has 0 aliphatic heterocycles. The monoisotopic (exact) mass is 220 g/mol. The van der Waals surface area contributed by atoms with Gasteiger partial charge in [-0.2, -0.15) is 13.1 Å². The second-order valence-electron chi connectivity index (χ2n) is 4.46. The third-order valence-corrected chi connectivity index (χ3v) is 3.62. The van der Waals surface area contributed by atoms with Gasteiger partial charge in [0.1, 0.15) is 0 Å². The Labute approximate surface area is 86.4 Å². The van der Waals surface area contributed by atoms with Crippen molar-refractivity contribution in [2.75, 3.05) is 0 Å². The smallest absolute Gasteiger partial charge is 0.216 e. The van der Waals surface area contributed by atoms with Crippen molar-refractivity contribution in [3.63, 3.8) is 0 Å². The largest absolute Gasteiger partial charge is 0.274 e. The Balaban J connectivity index is 2.63. The zero-order valence-electron chi connectivity index (χ0n) is 8.86. The SMILES string of the molecule is CC(C)C1CCCCC1NS(N)(=O)=O. The normalized spacial score (nSPS) is 29.4. The molecule has 0 amide bonds. The first kappa shape index (κ1) is 11.9. The van der Waals surface area contributed by atoms with E-state index in [0.29, 0.717) is 11.8 Å². The summed E-state index contributed by atoms with van der Waals surface area (Å²) in [5, 5.41) is 4.99. The van der Waals surface area contributed by atoms with Crippen molar-refractivity contribution in [1.29, 1.82) is 0 Å². The van der Waals surface area contributed by atoms with Gasteiger partial charge >= 0.3 is 0 Å². The maximum atomic E-state index is 10.9.